The van der Waals surface area contributed by atoms with E-state index in [-0.39, 0.29) is 13.3 Å². The molecule has 0 aromatic rings. The van der Waals surface area contributed by atoms with Gasteiger partial charge in [0, 0.05) is 6.61 Å². The Hall–Kier alpha value is -0.110. The van der Waals surface area contributed by atoms with Crippen LogP contribution in [0.5, 0.6) is 0 Å². The van der Waals surface area contributed by atoms with Gasteiger partial charge < -0.3 is 4.74 Å². The van der Waals surface area contributed by atoms with Crippen LogP contribution in [0.2, 0.25) is 0 Å². The molecule has 1 nitrogen and oxygen atoms in total. The second kappa shape index (κ2) is 7.00. The van der Waals surface area contributed by atoms with Gasteiger partial charge in [-0.15, -0.1) is 0 Å². The fourth-order valence-electron chi connectivity index (χ4n) is 0.829. The number of halogens is 1. The van der Waals surface area contributed by atoms with Crippen LogP contribution in [-0.4, -0.2) is 19.9 Å². The molecule has 0 heterocycles. The monoisotopic (exact) mass is 148 g/mol. The number of hydrogen-bond donors (Lipinski definition) is 0. The molecule has 2 heteroatoms. The van der Waals surface area contributed by atoms with Crippen LogP contribution >= 0.6 is 0 Å². The molecule has 0 bridgehead atoms. The summed E-state index contributed by atoms with van der Waals surface area (Å²) in [5.41, 5.74) is 0. The molecule has 10 heavy (non-hydrogen) atoms. The van der Waals surface area contributed by atoms with E-state index in [2.05, 4.69) is 13.8 Å². The lowest BCUT2D eigenvalue weighted by atomic mass is 10.1. The number of rotatable bonds is 6. The fourth-order valence-corrected chi connectivity index (χ4v) is 0.829. The third kappa shape index (κ3) is 4.74. The molecule has 0 saturated carbocycles. The molecule has 0 aromatic heterocycles. The van der Waals surface area contributed by atoms with Gasteiger partial charge in [0.05, 0.1) is 6.61 Å². The standard InChI is InChI=1S/C8H17FO/c1-3-8(4-2)7-10-6-5-9/h8H,3-7H2,1-2H3. The Morgan fingerprint density at radius 2 is 1.90 bits per heavy atom. The van der Waals surface area contributed by atoms with Gasteiger partial charge in [0.2, 0.25) is 0 Å². The molecular weight excluding hydrogens is 131 g/mol. The second-order valence-corrected chi connectivity index (χ2v) is 2.45. The normalized spacial score (nSPS) is 10.8. The molecule has 0 rings (SSSR count). The van der Waals surface area contributed by atoms with Gasteiger partial charge in [0.15, 0.2) is 0 Å². The maximum absolute atomic E-state index is 11.5. The SMILES string of the molecule is CCC(CC)COCCF. The van der Waals surface area contributed by atoms with Crippen molar-refractivity contribution in [2.45, 2.75) is 26.7 Å². The number of hydrogen-bond acceptors (Lipinski definition) is 1. The third-order valence-electron chi connectivity index (χ3n) is 1.73. The Morgan fingerprint density at radius 3 is 2.30 bits per heavy atom. The molecule has 0 amide bonds. The van der Waals surface area contributed by atoms with Crippen LogP contribution in [0.15, 0.2) is 0 Å². The van der Waals surface area contributed by atoms with E-state index in [1.807, 2.05) is 0 Å². The predicted molar refractivity (Wildman–Crippen MR) is 40.9 cm³/mol. The molecule has 0 N–H and O–H groups in total. The van der Waals surface area contributed by atoms with Crippen molar-refractivity contribution in [1.29, 1.82) is 0 Å². The molecule has 0 aliphatic heterocycles. The molecule has 0 aliphatic rings. The highest BCUT2D eigenvalue weighted by molar-refractivity contribution is 4.51. The molecule has 0 aromatic carbocycles. The number of alkyl halides is 1. The molecule has 0 unspecified atom stereocenters. The van der Waals surface area contributed by atoms with Gasteiger partial charge in [-0.1, -0.05) is 26.7 Å². The van der Waals surface area contributed by atoms with Crippen LogP contribution in [0, 0.1) is 5.92 Å². The molecular formula is C8H17FO. The quantitative estimate of drug-likeness (QED) is 0.525. The lowest BCUT2D eigenvalue weighted by Crippen LogP contribution is -2.08. The van der Waals surface area contributed by atoms with Crippen LogP contribution < -0.4 is 0 Å². The van der Waals surface area contributed by atoms with E-state index in [0.29, 0.717) is 5.92 Å². The minimum Gasteiger partial charge on any atom is -0.378 e. The highest BCUT2D eigenvalue weighted by atomic mass is 19.1. The van der Waals surface area contributed by atoms with Crippen LogP contribution in [0.1, 0.15) is 26.7 Å². The summed E-state index contributed by atoms with van der Waals surface area (Å²) in [6, 6.07) is 0. The maximum Gasteiger partial charge on any atom is 0.113 e. The smallest absolute Gasteiger partial charge is 0.113 e. The van der Waals surface area contributed by atoms with Crippen molar-refractivity contribution in [3.05, 3.63) is 0 Å². The third-order valence-corrected chi connectivity index (χ3v) is 1.73. The van der Waals surface area contributed by atoms with Crippen LogP contribution in [0.25, 0.3) is 0 Å². The van der Waals surface area contributed by atoms with Crippen molar-refractivity contribution < 1.29 is 9.13 Å². The van der Waals surface area contributed by atoms with Crippen LogP contribution in [-0.2, 0) is 4.74 Å². The van der Waals surface area contributed by atoms with Crippen molar-refractivity contribution in [3.8, 4) is 0 Å². The molecule has 62 valence electrons. The van der Waals surface area contributed by atoms with Crippen LogP contribution in [0.4, 0.5) is 4.39 Å². The van der Waals surface area contributed by atoms with Crippen molar-refractivity contribution in [2.75, 3.05) is 19.9 Å². The Kier molecular flexibility index (Phi) is 6.93. The maximum atomic E-state index is 11.5. The summed E-state index contributed by atoms with van der Waals surface area (Å²) in [4.78, 5) is 0. The highest BCUT2D eigenvalue weighted by Crippen LogP contribution is 2.06. The summed E-state index contributed by atoms with van der Waals surface area (Å²) < 4.78 is 16.6. The zero-order valence-corrected chi connectivity index (χ0v) is 6.90. The lowest BCUT2D eigenvalue weighted by molar-refractivity contribution is 0.0855. The van der Waals surface area contributed by atoms with Gasteiger partial charge in [-0.2, -0.15) is 0 Å². The van der Waals surface area contributed by atoms with Gasteiger partial charge in [-0.3, -0.25) is 0 Å². The van der Waals surface area contributed by atoms with Crippen molar-refractivity contribution in [2.24, 2.45) is 5.92 Å². The average Bonchev–Trinajstić information content (AvgIpc) is 1.99. The van der Waals surface area contributed by atoms with Gasteiger partial charge in [-0.05, 0) is 5.92 Å². The van der Waals surface area contributed by atoms with Crippen molar-refractivity contribution in [1.82, 2.24) is 0 Å². The van der Waals surface area contributed by atoms with E-state index in [0.717, 1.165) is 19.4 Å². The molecule has 0 aliphatic carbocycles. The summed E-state index contributed by atoms with van der Waals surface area (Å²) >= 11 is 0. The van der Waals surface area contributed by atoms with E-state index in [1.165, 1.54) is 0 Å². The summed E-state index contributed by atoms with van der Waals surface area (Å²) in [5, 5.41) is 0. The Balaban J connectivity index is 3.09. The summed E-state index contributed by atoms with van der Waals surface area (Å²) in [7, 11) is 0. The highest BCUT2D eigenvalue weighted by Gasteiger charge is 2.01. The minimum atomic E-state index is -0.361. The Bertz CT molecular complexity index is 62.3. The van der Waals surface area contributed by atoms with Crippen molar-refractivity contribution >= 4 is 0 Å². The first kappa shape index (κ1) is 9.89. The predicted octanol–water partition coefficient (Wildman–Crippen LogP) is 2.41. The molecule has 0 saturated heterocycles. The molecule has 0 spiro atoms. The van der Waals surface area contributed by atoms with Gasteiger partial charge >= 0.3 is 0 Å². The summed E-state index contributed by atoms with van der Waals surface area (Å²) in [6.07, 6.45) is 2.26. The van der Waals surface area contributed by atoms with E-state index in [9.17, 15) is 4.39 Å². The van der Waals surface area contributed by atoms with E-state index >= 15 is 0 Å². The van der Waals surface area contributed by atoms with Gasteiger partial charge in [0.25, 0.3) is 0 Å². The summed E-state index contributed by atoms with van der Waals surface area (Å²) in [5.74, 6) is 0.617. The minimum absolute atomic E-state index is 0.260. The summed E-state index contributed by atoms with van der Waals surface area (Å²) in [6.45, 7) is 4.88. The molecule has 0 fully saturated rings. The molecule has 0 atom stereocenters. The average molecular weight is 148 g/mol. The number of ether oxygens (including phenoxy) is 1. The largest absolute Gasteiger partial charge is 0.378 e. The zero-order chi connectivity index (χ0) is 7.82. The topological polar surface area (TPSA) is 9.23 Å². The van der Waals surface area contributed by atoms with E-state index < -0.39 is 0 Å². The lowest BCUT2D eigenvalue weighted by Gasteiger charge is -2.10. The first-order valence-electron chi connectivity index (χ1n) is 3.98. The van der Waals surface area contributed by atoms with Crippen molar-refractivity contribution in [3.63, 3.8) is 0 Å². The second-order valence-electron chi connectivity index (χ2n) is 2.45. The molecule has 0 radical (unpaired) electrons. The first-order valence-corrected chi connectivity index (χ1v) is 3.98. The fraction of sp³-hybridized carbons (Fsp3) is 1.00. The van der Waals surface area contributed by atoms with Crippen LogP contribution in [0.3, 0.4) is 0 Å². The zero-order valence-electron chi connectivity index (χ0n) is 6.90. The van der Waals surface area contributed by atoms with Gasteiger partial charge in [-0.25, -0.2) is 4.39 Å². The Labute approximate surface area is 62.6 Å². The van der Waals surface area contributed by atoms with Gasteiger partial charge in [0.1, 0.15) is 6.67 Å². The van der Waals surface area contributed by atoms with E-state index in [1.54, 1.807) is 0 Å². The first-order chi connectivity index (χ1) is 4.85. The van der Waals surface area contributed by atoms with E-state index in [4.69, 9.17) is 4.74 Å². The Morgan fingerprint density at radius 1 is 1.30 bits per heavy atom.